The van der Waals surface area contributed by atoms with Gasteiger partial charge >= 0.3 is 0 Å². The van der Waals surface area contributed by atoms with Gasteiger partial charge in [-0.3, -0.25) is 4.98 Å². The zero-order chi connectivity index (χ0) is 21.6. The van der Waals surface area contributed by atoms with E-state index in [0.717, 1.165) is 33.8 Å². The van der Waals surface area contributed by atoms with Gasteiger partial charge in [-0.05, 0) is 60.0 Å². The predicted molar refractivity (Wildman–Crippen MR) is 124 cm³/mol. The molecule has 2 heterocycles. The minimum atomic E-state index is -0.268. The zero-order valence-corrected chi connectivity index (χ0v) is 17.6. The van der Waals surface area contributed by atoms with Gasteiger partial charge in [0.15, 0.2) is 0 Å². The van der Waals surface area contributed by atoms with E-state index in [1.165, 1.54) is 12.1 Å². The maximum absolute atomic E-state index is 13.4. The largest absolute Gasteiger partial charge is 0.370 e. The Hall–Kier alpha value is -3.28. The molecular weight excluding hydrogens is 411 g/mol. The molecule has 0 radical (unpaired) electrons. The molecule has 0 saturated carbocycles. The Morgan fingerprint density at radius 3 is 2.39 bits per heavy atom. The van der Waals surface area contributed by atoms with Crippen LogP contribution >= 0.6 is 11.6 Å². The molecule has 2 aromatic heterocycles. The van der Waals surface area contributed by atoms with Crippen LogP contribution in [0.5, 0.6) is 0 Å². The second-order valence-corrected chi connectivity index (χ2v) is 7.59. The third kappa shape index (κ3) is 5.08. The van der Waals surface area contributed by atoms with Crippen molar-refractivity contribution in [2.45, 2.75) is 12.5 Å². The number of rotatable bonds is 7. The molecule has 3 N–H and O–H groups in total. The summed E-state index contributed by atoms with van der Waals surface area (Å²) in [6, 6.07) is 21.6. The number of nitrogens with zero attached hydrogens (tertiary/aromatic N) is 2. The number of hydrogen-bond donors (Lipinski definition) is 2. The van der Waals surface area contributed by atoms with Gasteiger partial charge in [0.05, 0.1) is 5.69 Å². The summed E-state index contributed by atoms with van der Waals surface area (Å²) < 4.78 is 13.4. The van der Waals surface area contributed by atoms with Gasteiger partial charge in [-0.25, -0.2) is 9.37 Å². The monoisotopic (exact) mass is 432 g/mol. The van der Waals surface area contributed by atoms with Crippen LogP contribution < -0.4 is 11.1 Å². The Labute approximate surface area is 185 Å². The molecule has 0 saturated heterocycles. The lowest BCUT2D eigenvalue weighted by atomic mass is 10.00. The van der Waals surface area contributed by atoms with Crippen molar-refractivity contribution >= 4 is 17.4 Å². The molecule has 0 fully saturated rings. The van der Waals surface area contributed by atoms with E-state index in [9.17, 15) is 4.39 Å². The molecule has 0 aliphatic rings. The van der Waals surface area contributed by atoms with E-state index < -0.39 is 0 Å². The van der Waals surface area contributed by atoms with Gasteiger partial charge in [0.2, 0.25) is 0 Å². The van der Waals surface area contributed by atoms with Crippen LogP contribution in [0.2, 0.25) is 5.02 Å². The first-order chi connectivity index (χ1) is 15.1. The third-order valence-electron chi connectivity index (χ3n) is 5.07. The van der Waals surface area contributed by atoms with Crippen LogP contribution in [0.15, 0.2) is 85.2 Å². The maximum Gasteiger partial charge on any atom is 0.126 e. The molecule has 6 heteroatoms. The highest BCUT2D eigenvalue weighted by atomic mass is 35.5. The van der Waals surface area contributed by atoms with Gasteiger partial charge in [-0.2, -0.15) is 0 Å². The SMILES string of the molecule is NC(CCNc1ccc(-c2ccc(F)cc2)c(-c2ccncc2)n1)c1ccccc1Cl. The van der Waals surface area contributed by atoms with E-state index in [1.54, 1.807) is 24.5 Å². The van der Waals surface area contributed by atoms with E-state index in [1.807, 2.05) is 48.5 Å². The lowest BCUT2D eigenvalue weighted by molar-refractivity contribution is 0.628. The van der Waals surface area contributed by atoms with Crippen molar-refractivity contribution in [3.05, 3.63) is 102 Å². The highest BCUT2D eigenvalue weighted by Crippen LogP contribution is 2.32. The van der Waals surface area contributed by atoms with E-state index in [2.05, 4.69) is 10.3 Å². The molecule has 1 unspecified atom stereocenters. The van der Waals surface area contributed by atoms with Crippen molar-refractivity contribution in [3.8, 4) is 22.4 Å². The molecule has 0 bridgehead atoms. The molecule has 2 aromatic carbocycles. The number of benzene rings is 2. The van der Waals surface area contributed by atoms with Crippen molar-refractivity contribution in [3.63, 3.8) is 0 Å². The fourth-order valence-electron chi connectivity index (χ4n) is 3.44. The van der Waals surface area contributed by atoms with Gasteiger partial charge < -0.3 is 11.1 Å². The van der Waals surface area contributed by atoms with Gasteiger partial charge in [0.25, 0.3) is 0 Å². The number of halogens is 2. The van der Waals surface area contributed by atoms with Gasteiger partial charge in [-0.15, -0.1) is 0 Å². The highest BCUT2D eigenvalue weighted by Gasteiger charge is 2.12. The molecule has 0 aliphatic carbocycles. The predicted octanol–water partition coefficient (Wildman–Crippen LogP) is 6.11. The van der Waals surface area contributed by atoms with Crippen LogP contribution in [-0.2, 0) is 0 Å². The number of nitrogens with two attached hydrogens (primary N) is 1. The molecule has 0 amide bonds. The summed E-state index contributed by atoms with van der Waals surface area (Å²) in [7, 11) is 0. The summed E-state index contributed by atoms with van der Waals surface area (Å²) >= 11 is 6.25. The average molecular weight is 433 g/mol. The molecule has 0 spiro atoms. The average Bonchev–Trinajstić information content (AvgIpc) is 2.80. The number of anilines is 1. The molecule has 156 valence electrons. The van der Waals surface area contributed by atoms with E-state index >= 15 is 0 Å². The van der Waals surface area contributed by atoms with Crippen LogP contribution in [0.25, 0.3) is 22.4 Å². The Balaban J connectivity index is 1.55. The number of aromatic nitrogens is 2. The smallest absolute Gasteiger partial charge is 0.126 e. The standard InChI is InChI=1S/C25H22ClFN4/c26-22-4-2-1-3-21(22)23(28)13-16-30-24-10-9-20(17-5-7-19(27)8-6-17)25(31-24)18-11-14-29-15-12-18/h1-12,14-15,23H,13,16,28H2,(H,30,31). The molecule has 31 heavy (non-hydrogen) atoms. The minimum absolute atomic E-state index is 0.167. The number of nitrogens with one attached hydrogen (secondary N) is 1. The fourth-order valence-corrected chi connectivity index (χ4v) is 3.71. The summed E-state index contributed by atoms with van der Waals surface area (Å²) in [5, 5.41) is 4.03. The Kier molecular flexibility index (Phi) is 6.55. The Bertz CT molecular complexity index is 1150. The number of hydrogen-bond acceptors (Lipinski definition) is 4. The lowest BCUT2D eigenvalue weighted by Gasteiger charge is -2.16. The van der Waals surface area contributed by atoms with Crippen LogP contribution in [0.1, 0.15) is 18.0 Å². The topological polar surface area (TPSA) is 63.8 Å². The van der Waals surface area contributed by atoms with E-state index in [-0.39, 0.29) is 11.9 Å². The first-order valence-electron chi connectivity index (χ1n) is 10.0. The first kappa shape index (κ1) is 21.0. The molecular formula is C25H22ClFN4. The van der Waals surface area contributed by atoms with Crippen LogP contribution in [0.4, 0.5) is 10.2 Å². The van der Waals surface area contributed by atoms with Gasteiger partial charge in [0, 0.05) is 41.1 Å². The summed E-state index contributed by atoms with van der Waals surface area (Å²) in [5.41, 5.74) is 10.8. The van der Waals surface area contributed by atoms with Crippen molar-refractivity contribution in [2.24, 2.45) is 5.73 Å². The molecule has 0 aliphatic heterocycles. The summed E-state index contributed by atoms with van der Waals surface area (Å²) in [6.45, 7) is 0.644. The summed E-state index contributed by atoms with van der Waals surface area (Å²) in [6.07, 6.45) is 4.16. The maximum atomic E-state index is 13.4. The summed E-state index contributed by atoms with van der Waals surface area (Å²) in [4.78, 5) is 8.92. The zero-order valence-electron chi connectivity index (χ0n) is 16.8. The van der Waals surface area contributed by atoms with Crippen molar-refractivity contribution < 1.29 is 4.39 Å². The van der Waals surface area contributed by atoms with Gasteiger partial charge in [-0.1, -0.05) is 41.9 Å². The van der Waals surface area contributed by atoms with E-state index in [0.29, 0.717) is 18.0 Å². The number of pyridine rings is 2. The van der Waals surface area contributed by atoms with Crippen LogP contribution in [0.3, 0.4) is 0 Å². The van der Waals surface area contributed by atoms with Gasteiger partial charge in [0.1, 0.15) is 11.6 Å². The van der Waals surface area contributed by atoms with Crippen LogP contribution in [-0.4, -0.2) is 16.5 Å². The molecule has 4 nitrogen and oxygen atoms in total. The quantitative estimate of drug-likeness (QED) is 0.370. The Morgan fingerprint density at radius 1 is 0.903 bits per heavy atom. The second kappa shape index (κ2) is 9.69. The van der Waals surface area contributed by atoms with Crippen molar-refractivity contribution in [2.75, 3.05) is 11.9 Å². The summed E-state index contributed by atoms with van der Waals surface area (Å²) in [5.74, 6) is 0.472. The molecule has 4 rings (SSSR count). The van der Waals surface area contributed by atoms with E-state index in [4.69, 9.17) is 22.3 Å². The van der Waals surface area contributed by atoms with Crippen molar-refractivity contribution in [1.29, 1.82) is 0 Å². The minimum Gasteiger partial charge on any atom is -0.370 e. The fraction of sp³-hybridized carbons (Fsp3) is 0.120. The van der Waals surface area contributed by atoms with Crippen LogP contribution in [0, 0.1) is 5.82 Å². The molecule has 4 aromatic rings. The highest BCUT2D eigenvalue weighted by molar-refractivity contribution is 6.31. The Morgan fingerprint density at radius 2 is 1.65 bits per heavy atom. The normalized spacial score (nSPS) is 11.8. The molecule has 1 atom stereocenters. The van der Waals surface area contributed by atoms with Crippen molar-refractivity contribution in [1.82, 2.24) is 9.97 Å². The third-order valence-corrected chi connectivity index (χ3v) is 5.41. The first-order valence-corrected chi connectivity index (χ1v) is 10.4. The lowest BCUT2D eigenvalue weighted by Crippen LogP contribution is -2.16. The second-order valence-electron chi connectivity index (χ2n) is 7.18.